The van der Waals surface area contributed by atoms with E-state index in [2.05, 4.69) is 98.0 Å². The Labute approximate surface area is 161 Å². The average molecular weight is 369 g/mol. The quantitative estimate of drug-likeness (QED) is 0.635. The molecular formula is C24H36OSi. The maximum absolute atomic E-state index is 10.7. The largest absolute Gasteiger partial charge is 0.508 e. The molecule has 1 N–H and O–H groups in total. The summed E-state index contributed by atoms with van der Waals surface area (Å²) in [6, 6.07) is 15.3. The first-order chi connectivity index (χ1) is 11.8. The minimum atomic E-state index is -1.71. The third-order valence-corrected chi connectivity index (χ3v) is 10.1. The van der Waals surface area contributed by atoms with Crippen LogP contribution in [0.25, 0.3) is 0 Å². The van der Waals surface area contributed by atoms with E-state index in [4.69, 9.17) is 0 Å². The summed E-state index contributed by atoms with van der Waals surface area (Å²) in [5, 5.41) is 12.2. The number of phenols is 1. The lowest BCUT2D eigenvalue weighted by atomic mass is 9.78. The Morgan fingerprint density at radius 3 is 1.77 bits per heavy atom. The molecule has 26 heavy (non-hydrogen) atoms. The molecule has 0 spiro atoms. The molecule has 0 aromatic heterocycles. The van der Waals surface area contributed by atoms with Crippen molar-refractivity contribution in [3.05, 3.63) is 59.2 Å². The lowest BCUT2D eigenvalue weighted by Crippen LogP contribution is -2.47. The summed E-state index contributed by atoms with van der Waals surface area (Å²) >= 11 is 0. The Morgan fingerprint density at radius 1 is 0.808 bits per heavy atom. The summed E-state index contributed by atoms with van der Waals surface area (Å²) in [6.07, 6.45) is 0. The normalized spacial score (nSPS) is 14.3. The summed E-state index contributed by atoms with van der Waals surface area (Å²) in [6.45, 7) is 20.6. The van der Waals surface area contributed by atoms with Crippen LogP contribution in [0, 0.1) is 0 Å². The highest BCUT2D eigenvalue weighted by atomic mass is 28.3. The zero-order valence-electron chi connectivity index (χ0n) is 18.1. The maximum atomic E-state index is 10.7. The standard InChI is InChI=1S/C24H36OSi/c1-17(26(8,9)18-13-11-10-12-14-18)19-15-21(24(5,6)7)22(25)16-20(19)23(2,3)4/h10-17,25H,1-9H3. The first kappa shape index (κ1) is 20.8. The van der Waals surface area contributed by atoms with Gasteiger partial charge in [-0.1, -0.05) is 103 Å². The molecule has 0 bridgehead atoms. The Balaban J connectivity index is 2.69. The highest BCUT2D eigenvalue weighted by Crippen LogP contribution is 2.41. The second-order valence-electron chi connectivity index (χ2n) is 10.3. The predicted molar refractivity (Wildman–Crippen MR) is 117 cm³/mol. The molecule has 1 atom stereocenters. The zero-order valence-corrected chi connectivity index (χ0v) is 19.1. The molecule has 0 aliphatic carbocycles. The zero-order chi connectivity index (χ0) is 19.9. The van der Waals surface area contributed by atoms with Crippen LogP contribution in [0.2, 0.25) is 13.1 Å². The van der Waals surface area contributed by atoms with Crippen molar-refractivity contribution in [3.8, 4) is 5.75 Å². The first-order valence-corrected chi connectivity index (χ1v) is 12.8. The number of aromatic hydroxyl groups is 1. The minimum absolute atomic E-state index is 0.00133. The van der Waals surface area contributed by atoms with E-state index in [0.29, 0.717) is 11.3 Å². The molecule has 0 saturated carbocycles. The van der Waals surface area contributed by atoms with E-state index in [9.17, 15) is 5.11 Å². The molecule has 2 heteroatoms. The van der Waals surface area contributed by atoms with Gasteiger partial charge in [-0.15, -0.1) is 0 Å². The number of phenolic OH excluding ortho intramolecular Hbond substituents is 1. The molecule has 2 rings (SSSR count). The van der Waals surface area contributed by atoms with Crippen LogP contribution in [-0.4, -0.2) is 13.2 Å². The lowest BCUT2D eigenvalue weighted by molar-refractivity contribution is 0.442. The van der Waals surface area contributed by atoms with Gasteiger partial charge in [0.2, 0.25) is 0 Å². The van der Waals surface area contributed by atoms with E-state index in [1.165, 1.54) is 16.3 Å². The van der Waals surface area contributed by atoms with Gasteiger partial charge in [0.1, 0.15) is 5.75 Å². The molecule has 0 radical (unpaired) electrons. The van der Waals surface area contributed by atoms with Crippen molar-refractivity contribution in [1.29, 1.82) is 0 Å². The molecule has 0 aliphatic heterocycles. The van der Waals surface area contributed by atoms with Gasteiger partial charge in [-0.25, -0.2) is 0 Å². The van der Waals surface area contributed by atoms with Gasteiger partial charge in [0, 0.05) is 0 Å². The Morgan fingerprint density at radius 2 is 1.31 bits per heavy atom. The SMILES string of the molecule is CC(c1cc(C(C)(C)C)c(O)cc1C(C)(C)C)[Si](C)(C)c1ccccc1. The van der Waals surface area contributed by atoms with E-state index < -0.39 is 8.07 Å². The maximum Gasteiger partial charge on any atom is 0.119 e. The van der Waals surface area contributed by atoms with Crippen molar-refractivity contribution in [2.75, 3.05) is 0 Å². The van der Waals surface area contributed by atoms with Crippen LogP contribution in [0.15, 0.2) is 42.5 Å². The number of rotatable bonds is 3. The van der Waals surface area contributed by atoms with E-state index in [-0.39, 0.29) is 10.8 Å². The smallest absolute Gasteiger partial charge is 0.119 e. The molecule has 2 aromatic rings. The summed E-state index contributed by atoms with van der Waals surface area (Å²) in [7, 11) is -1.71. The van der Waals surface area contributed by atoms with Gasteiger partial charge in [0.05, 0.1) is 8.07 Å². The number of hydrogen-bond acceptors (Lipinski definition) is 1. The topological polar surface area (TPSA) is 20.2 Å². The molecule has 142 valence electrons. The van der Waals surface area contributed by atoms with Crippen LogP contribution in [0.5, 0.6) is 5.75 Å². The van der Waals surface area contributed by atoms with Crippen LogP contribution in [0.3, 0.4) is 0 Å². The van der Waals surface area contributed by atoms with Gasteiger partial charge in [-0.05, 0) is 39.1 Å². The Bertz CT molecular complexity index is 761. The first-order valence-electron chi connectivity index (χ1n) is 9.69. The summed E-state index contributed by atoms with van der Waals surface area (Å²) in [5.41, 5.74) is 4.10. The van der Waals surface area contributed by atoms with Crippen molar-refractivity contribution in [1.82, 2.24) is 0 Å². The summed E-state index contributed by atoms with van der Waals surface area (Å²) < 4.78 is 0. The number of benzene rings is 2. The van der Waals surface area contributed by atoms with Crippen molar-refractivity contribution in [2.24, 2.45) is 0 Å². The Kier molecular flexibility index (Phi) is 5.50. The van der Waals surface area contributed by atoms with Gasteiger partial charge in [-0.2, -0.15) is 0 Å². The van der Waals surface area contributed by atoms with E-state index in [1.807, 2.05) is 6.07 Å². The van der Waals surface area contributed by atoms with Gasteiger partial charge in [-0.3, -0.25) is 0 Å². The minimum Gasteiger partial charge on any atom is -0.508 e. The monoisotopic (exact) mass is 368 g/mol. The van der Waals surface area contributed by atoms with E-state index in [0.717, 1.165) is 5.56 Å². The van der Waals surface area contributed by atoms with Crippen molar-refractivity contribution in [2.45, 2.75) is 77.9 Å². The van der Waals surface area contributed by atoms with Crippen LogP contribution in [0.4, 0.5) is 0 Å². The molecule has 1 nitrogen and oxygen atoms in total. The predicted octanol–water partition coefficient (Wildman–Crippen LogP) is 6.25. The molecule has 0 amide bonds. The molecule has 0 aliphatic rings. The van der Waals surface area contributed by atoms with Gasteiger partial charge < -0.3 is 5.11 Å². The van der Waals surface area contributed by atoms with Crippen molar-refractivity contribution in [3.63, 3.8) is 0 Å². The van der Waals surface area contributed by atoms with Crippen LogP contribution in [-0.2, 0) is 10.8 Å². The van der Waals surface area contributed by atoms with Gasteiger partial charge in [0.25, 0.3) is 0 Å². The number of hydrogen-bond donors (Lipinski definition) is 1. The second kappa shape index (κ2) is 6.88. The van der Waals surface area contributed by atoms with Gasteiger partial charge >= 0.3 is 0 Å². The third-order valence-electron chi connectivity index (χ3n) is 5.85. The third kappa shape index (κ3) is 4.06. The highest BCUT2D eigenvalue weighted by molar-refractivity contribution is 6.90. The molecule has 2 aromatic carbocycles. The molecule has 0 heterocycles. The fourth-order valence-corrected chi connectivity index (χ4v) is 6.29. The van der Waals surface area contributed by atoms with E-state index in [1.54, 1.807) is 0 Å². The molecule has 0 saturated heterocycles. The van der Waals surface area contributed by atoms with Crippen LogP contribution < -0.4 is 5.19 Å². The second-order valence-corrected chi connectivity index (χ2v) is 15.2. The fraction of sp³-hybridized carbons (Fsp3) is 0.500. The van der Waals surface area contributed by atoms with Crippen LogP contribution >= 0.6 is 0 Å². The van der Waals surface area contributed by atoms with Crippen molar-refractivity contribution >= 4 is 13.3 Å². The highest BCUT2D eigenvalue weighted by Gasteiger charge is 2.35. The van der Waals surface area contributed by atoms with E-state index >= 15 is 0 Å². The van der Waals surface area contributed by atoms with Gasteiger partial charge in [0.15, 0.2) is 0 Å². The Hall–Kier alpha value is -1.54. The fourth-order valence-electron chi connectivity index (χ4n) is 3.72. The average Bonchev–Trinajstić information content (AvgIpc) is 2.52. The summed E-state index contributed by atoms with van der Waals surface area (Å²) in [5.74, 6) is 0.428. The van der Waals surface area contributed by atoms with Crippen LogP contribution in [0.1, 0.15) is 70.7 Å². The molecule has 0 fully saturated rings. The van der Waals surface area contributed by atoms with Crippen molar-refractivity contribution < 1.29 is 5.11 Å². The molecule has 1 unspecified atom stereocenters. The summed E-state index contributed by atoms with van der Waals surface area (Å²) in [4.78, 5) is 0. The molecular weight excluding hydrogens is 332 g/mol. The lowest BCUT2D eigenvalue weighted by Gasteiger charge is -2.36.